The Kier molecular flexibility index (Phi) is 9.17. The largest absolute Gasteiger partial charge is 0.350 e. The molecule has 0 bridgehead atoms. The van der Waals surface area contributed by atoms with E-state index in [9.17, 15) is 18.0 Å². The Balaban J connectivity index is 1.91. The molecule has 2 N–H and O–H groups in total. The lowest BCUT2D eigenvalue weighted by Gasteiger charge is -2.24. The van der Waals surface area contributed by atoms with E-state index in [0.29, 0.717) is 16.9 Å². The van der Waals surface area contributed by atoms with Crippen molar-refractivity contribution in [1.29, 1.82) is 0 Å². The molecule has 0 saturated heterocycles. The molecule has 9 heteroatoms. The second kappa shape index (κ2) is 12.1. The SMILES string of the molecule is CC[C@@H](C)NC(=O)c1ccccc1NC(=O)CN(c1ccc(C)cc1)S(=O)(=O)c1ccc(SC)cc1. The number of benzene rings is 3. The smallest absolute Gasteiger partial charge is 0.264 e. The number of sulfonamides is 1. The Morgan fingerprint density at radius 2 is 1.61 bits per heavy atom. The molecule has 0 fully saturated rings. The molecule has 0 heterocycles. The van der Waals surface area contributed by atoms with Gasteiger partial charge in [-0.2, -0.15) is 0 Å². The molecular formula is C27H31N3O4S2. The molecule has 0 aliphatic heterocycles. The number of amides is 2. The highest BCUT2D eigenvalue weighted by Crippen LogP contribution is 2.26. The quantitative estimate of drug-likeness (QED) is 0.360. The van der Waals surface area contributed by atoms with Crippen LogP contribution in [-0.4, -0.2) is 39.1 Å². The Morgan fingerprint density at radius 1 is 0.972 bits per heavy atom. The molecule has 0 spiro atoms. The number of thioether (sulfide) groups is 1. The first kappa shape index (κ1) is 27.3. The average Bonchev–Trinajstić information content (AvgIpc) is 2.88. The topological polar surface area (TPSA) is 95.6 Å². The van der Waals surface area contributed by atoms with Crippen LogP contribution in [0.3, 0.4) is 0 Å². The number of aryl methyl sites for hydroxylation is 1. The maximum absolute atomic E-state index is 13.6. The Labute approximate surface area is 217 Å². The minimum atomic E-state index is -4.04. The molecule has 0 saturated carbocycles. The monoisotopic (exact) mass is 525 g/mol. The lowest BCUT2D eigenvalue weighted by atomic mass is 10.1. The number of carbonyl (C=O) groups excluding carboxylic acids is 2. The average molecular weight is 526 g/mol. The molecule has 7 nitrogen and oxygen atoms in total. The fourth-order valence-corrected chi connectivity index (χ4v) is 5.24. The number of nitrogens with one attached hydrogen (secondary N) is 2. The summed E-state index contributed by atoms with van der Waals surface area (Å²) in [5, 5.41) is 5.62. The summed E-state index contributed by atoms with van der Waals surface area (Å²) < 4.78 is 28.3. The summed E-state index contributed by atoms with van der Waals surface area (Å²) in [6.07, 6.45) is 2.68. The molecule has 36 heavy (non-hydrogen) atoms. The van der Waals surface area contributed by atoms with Gasteiger partial charge >= 0.3 is 0 Å². The number of carbonyl (C=O) groups is 2. The minimum absolute atomic E-state index is 0.0269. The summed E-state index contributed by atoms with van der Waals surface area (Å²) in [7, 11) is -4.04. The zero-order valence-corrected chi connectivity index (χ0v) is 22.4. The van der Waals surface area contributed by atoms with Crippen molar-refractivity contribution in [3.63, 3.8) is 0 Å². The molecule has 0 aromatic heterocycles. The summed E-state index contributed by atoms with van der Waals surface area (Å²) in [5.41, 5.74) is 1.95. The normalized spacial score (nSPS) is 12.0. The number of hydrogen-bond acceptors (Lipinski definition) is 5. The van der Waals surface area contributed by atoms with Gasteiger partial charge in [0.25, 0.3) is 15.9 Å². The van der Waals surface area contributed by atoms with E-state index in [1.165, 1.54) is 23.9 Å². The number of para-hydroxylation sites is 1. The van der Waals surface area contributed by atoms with E-state index >= 15 is 0 Å². The standard InChI is InChI=1S/C27H31N3O4S2/c1-5-20(3)28-27(32)24-8-6-7-9-25(24)29-26(31)18-30(21-12-10-19(2)11-13-21)36(33,34)23-16-14-22(35-4)15-17-23/h6-17,20H,5,18H2,1-4H3,(H,28,32)(H,29,31)/t20-/m1/s1. The summed E-state index contributed by atoms with van der Waals surface area (Å²) in [6, 6.07) is 20.1. The third-order valence-electron chi connectivity index (χ3n) is 5.69. The van der Waals surface area contributed by atoms with Gasteiger partial charge in [-0.25, -0.2) is 8.42 Å². The minimum Gasteiger partial charge on any atom is -0.350 e. The molecule has 0 radical (unpaired) electrons. The van der Waals surface area contributed by atoms with Gasteiger partial charge in [-0.3, -0.25) is 13.9 Å². The number of rotatable bonds is 10. The van der Waals surface area contributed by atoms with Gasteiger partial charge in [0.15, 0.2) is 0 Å². The summed E-state index contributed by atoms with van der Waals surface area (Å²) in [5.74, 6) is -0.874. The van der Waals surface area contributed by atoms with Crippen molar-refractivity contribution < 1.29 is 18.0 Å². The first-order valence-corrected chi connectivity index (χ1v) is 14.3. The predicted molar refractivity (Wildman–Crippen MR) is 146 cm³/mol. The van der Waals surface area contributed by atoms with E-state index in [1.54, 1.807) is 60.7 Å². The van der Waals surface area contributed by atoms with E-state index < -0.39 is 22.5 Å². The third-order valence-corrected chi connectivity index (χ3v) is 8.22. The molecule has 0 aliphatic carbocycles. The molecule has 0 unspecified atom stereocenters. The number of anilines is 2. The van der Waals surface area contributed by atoms with Gasteiger partial charge in [-0.05, 0) is 75.1 Å². The molecule has 3 rings (SSSR count). The van der Waals surface area contributed by atoms with Crippen LogP contribution in [0.15, 0.2) is 82.6 Å². The second-order valence-electron chi connectivity index (χ2n) is 8.40. The van der Waals surface area contributed by atoms with E-state index in [2.05, 4.69) is 10.6 Å². The molecular weight excluding hydrogens is 494 g/mol. The van der Waals surface area contributed by atoms with Crippen molar-refractivity contribution in [1.82, 2.24) is 5.32 Å². The summed E-state index contributed by atoms with van der Waals surface area (Å²) in [6.45, 7) is 5.30. The van der Waals surface area contributed by atoms with Crippen LogP contribution < -0.4 is 14.9 Å². The first-order chi connectivity index (χ1) is 17.1. The van der Waals surface area contributed by atoms with E-state index in [-0.39, 0.29) is 16.8 Å². The molecule has 0 aliphatic rings. The predicted octanol–water partition coefficient (Wildman–Crippen LogP) is 5.08. The van der Waals surface area contributed by atoms with Gasteiger partial charge in [0.2, 0.25) is 5.91 Å². The van der Waals surface area contributed by atoms with Crippen LogP contribution >= 0.6 is 11.8 Å². The Hall–Kier alpha value is -3.30. The Morgan fingerprint density at radius 3 is 2.22 bits per heavy atom. The van der Waals surface area contributed by atoms with E-state index in [0.717, 1.165) is 21.2 Å². The fourth-order valence-electron chi connectivity index (χ4n) is 3.41. The maximum Gasteiger partial charge on any atom is 0.264 e. The van der Waals surface area contributed by atoms with Crippen LogP contribution in [0.4, 0.5) is 11.4 Å². The van der Waals surface area contributed by atoms with Crippen LogP contribution in [0.5, 0.6) is 0 Å². The molecule has 190 valence electrons. The third kappa shape index (κ3) is 6.67. The summed E-state index contributed by atoms with van der Waals surface area (Å²) >= 11 is 1.51. The number of nitrogens with zero attached hydrogens (tertiary/aromatic N) is 1. The van der Waals surface area contributed by atoms with Crippen molar-refractivity contribution >= 4 is 45.0 Å². The van der Waals surface area contributed by atoms with Crippen molar-refractivity contribution in [3.05, 3.63) is 83.9 Å². The highest BCUT2D eigenvalue weighted by atomic mass is 32.2. The lowest BCUT2D eigenvalue weighted by Crippen LogP contribution is -2.38. The van der Waals surface area contributed by atoms with Gasteiger partial charge in [0.1, 0.15) is 6.54 Å². The van der Waals surface area contributed by atoms with E-state index in [4.69, 9.17) is 0 Å². The van der Waals surface area contributed by atoms with Crippen LogP contribution in [0.2, 0.25) is 0 Å². The van der Waals surface area contributed by atoms with Gasteiger partial charge in [-0.1, -0.05) is 36.8 Å². The van der Waals surface area contributed by atoms with Crippen molar-refractivity contribution in [2.24, 2.45) is 0 Å². The Bertz CT molecular complexity index is 1310. The van der Waals surface area contributed by atoms with E-state index in [1.807, 2.05) is 27.0 Å². The lowest BCUT2D eigenvalue weighted by molar-refractivity contribution is -0.114. The van der Waals surface area contributed by atoms with Crippen LogP contribution in [0, 0.1) is 6.92 Å². The maximum atomic E-state index is 13.6. The first-order valence-electron chi connectivity index (χ1n) is 11.6. The fraction of sp³-hybridized carbons (Fsp3) is 0.259. The van der Waals surface area contributed by atoms with Crippen molar-refractivity contribution in [2.75, 3.05) is 22.4 Å². The van der Waals surface area contributed by atoms with Crippen LogP contribution in [-0.2, 0) is 14.8 Å². The number of hydrogen-bond donors (Lipinski definition) is 2. The molecule has 1 atom stereocenters. The molecule has 2 amide bonds. The van der Waals surface area contributed by atoms with Gasteiger partial charge in [-0.15, -0.1) is 11.8 Å². The highest BCUT2D eigenvalue weighted by Gasteiger charge is 2.28. The van der Waals surface area contributed by atoms with Gasteiger partial charge < -0.3 is 10.6 Å². The van der Waals surface area contributed by atoms with Gasteiger partial charge in [0.05, 0.1) is 21.8 Å². The van der Waals surface area contributed by atoms with Crippen molar-refractivity contribution in [3.8, 4) is 0 Å². The van der Waals surface area contributed by atoms with Gasteiger partial charge in [0, 0.05) is 10.9 Å². The zero-order chi connectivity index (χ0) is 26.3. The van der Waals surface area contributed by atoms with Crippen LogP contribution in [0.1, 0.15) is 36.2 Å². The zero-order valence-electron chi connectivity index (χ0n) is 20.8. The molecule has 3 aromatic rings. The highest BCUT2D eigenvalue weighted by molar-refractivity contribution is 7.98. The van der Waals surface area contributed by atoms with Crippen LogP contribution in [0.25, 0.3) is 0 Å². The van der Waals surface area contributed by atoms with Crippen molar-refractivity contribution in [2.45, 2.75) is 43.0 Å². The molecule has 3 aromatic carbocycles. The second-order valence-corrected chi connectivity index (χ2v) is 11.1. The summed E-state index contributed by atoms with van der Waals surface area (Å²) in [4.78, 5) is 26.9.